The number of ketones is 1. The third-order valence-corrected chi connectivity index (χ3v) is 6.23. The number of H-pyrrole nitrogens is 1. The number of carbonyl (C=O) groups excluding carboxylic acids is 1. The lowest BCUT2D eigenvalue weighted by Gasteiger charge is -2.13. The van der Waals surface area contributed by atoms with Gasteiger partial charge in [0.15, 0.2) is 34.2 Å². The fraction of sp³-hybridized carbons (Fsp3) is 0.152. The Labute approximate surface area is 238 Å². The summed E-state index contributed by atoms with van der Waals surface area (Å²) in [5, 5.41) is 0.585. The summed E-state index contributed by atoms with van der Waals surface area (Å²) in [6.45, 7) is 2.32. The van der Waals surface area contributed by atoms with Gasteiger partial charge < -0.3 is 29.7 Å². The van der Waals surface area contributed by atoms with Crippen LogP contribution in [0.25, 0.3) is 10.9 Å². The first-order chi connectivity index (χ1) is 19.9. The number of fused-ring (bicyclic) bond motifs is 1. The summed E-state index contributed by atoms with van der Waals surface area (Å²) in [7, 11) is 3.10. The van der Waals surface area contributed by atoms with Crippen molar-refractivity contribution in [2.24, 2.45) is 0 Å². The molecule has 0 amide bonds. The highest BCUT2D eigenvalue weighted by molar-refractivity contribution is 6.00. The Hall–Kier alpha value is -5.24. The van der Waals surface area contributed by atoms with Crippen molar-refractivity contribution in [2.75, 3.05) is 20.0 Å². The smallest absolute Gasteiger partial charge is 0.189 e. The van der Waals surface area contributed by atoms with Gasteiger partial charge in [0.1, 0.15) is 13.2 Å². The summed E-state index contributed by atoms with van der Waals surface area (Å²) in [6, 6.07) is 27.9. The van der Waals surface area contributed by atoms with E-state index < -0.39 is 0 Å². The Bertz CT molecular complexity index is 1670. The second-order valence-electron chi connectivity index (χ2n) is 9.09. The number of methoxy groups -OCH3 is 2. The van der Waals surface area contributed by atoms with Crippen molar-refractivity contribution < 1.29 is 23.7 Å². The minimum Gasteiger partial charge on any atom is -0.493 e. The number of hydrogen-bond donors (Lipinski definition) is 2. The number of anilines is 1. The molecule has 0 aliphatic carbocycles. The second-order valence-corrected chi connectivity index (χ2v) is 9.09. The maximum absolute atomic E-state index is 11.8. The minimum atomic E-state index is -0.101. The Morgan fingerprint density at radius 2 is 1.27 bits per heavy atom. The standard InChI is InChI=1S/C17H15NO3.C16H17NO3/c1-20-16-9-13-14(18-8-7-15(13)19)10-17(16)21-11-12-5-3-2-4-6-12;1-11(18)13-8-15(19-2)16(9-14(13)17)20-10-12-6-4-3-5-7-12/h2-10H,11H2,1H3,(H,18,19);3-9H,10,17H2,1-2H3. The quantitative estimate of drug-likeness (QED) is 0.166. The monoisotopic (exact) mass is 552 g/mol. The molecule has 8 nitrogen and oxygen atoms in total. The topological polar surface area (TPSA) is 113 Å². The molecule has 0 fully saturated rings. The number of rotatable bonds is 9. The Kier molecular flexibility index (Phi) is 9.62. The number of aromatic nitrogens is 1. The van der Waals surface area contributed by atoms with E-state index >= 15 is 0 Å². The molecular weight excluding hydrogens is 520 g/mol. The molecule has 1 aromatic heterocycles. The van der Waals surface area contributed by atoms with E-state index in [-0.39, 0.29) is 11.2 Å². The van der Waals surface area contributed by atoms with Gasteiger partial charge >= 0.3 is 0 Å². The van der Waals surface area contributed by atoms with Crippen LogP contribution in [0.4, 0.5) is 5.69 Å². The zero-order chi connectivity index (χ0) is 29.2. The molecular formula is C33H32N2O6. The molecule has 3 N–H and O–H groups in total. The number of benzene rings is 4. The highest BCUT2D eigenvalue weighted by atomic mass is 16.5. The SMILES string of the molecule is COc1cc(C(C)=O)c(N)cc1OCc1ccccc1.COc1cc2c(=O)cc[nH]c2cc1OCc1ccccc1. The van der Waals surface area contributed by atoms with Crippen LogP contribution in [0, 0.1) is 0 Å². The summed E-state index contributed by atoms with van der Waals surface area (Å²) < 4.78 is 22.1. The third-order valence-electron chi connectivity index (χ3n) is 6.23. The van der Waals surface area contributed by atoms with Gasteiger partial charge in [-0.3, -0.25) is 9.59 Å². The van der Waals surface area contributed by atoms with E-state index in [1.54, 1.807) is 37.6 Å². The van der Waals surface area contributed by atoms with Crippen molar-refractivity contribution in [3.05, 3.63) is 124 Å². The number of aromatic amines is 1. The average Bonchev–Trinajstić information content (AvgIpc) is 3.00. The predicted octanol–water partition coefficient (Wildman–Crippen LogP) is 6.17. The molecule has 0 atom stereocenters. The molecule has 0 bridgehead atoms. The largest absolute Gasteiger partial charge is 0.493 e. The van der Waals surface area contributed by atoms with Gasteiger partial charge in [-0.1, -0.05) is 60.7 Å². The molecule has 1 heterocycles. The van der Waals surface area contributed by atoms with E-state index in [1.165, 1.54) is 20.1 Å². The highest BCUT2D eigenvalue weighted by Crippen LogP contribution is 2.33. The van der Waals surface area contributed by atoms with Gasteiger partial charge in [0, 0.05) is 41.0 Å². The number of hydrogen-bond acceptors (Lipinski definition) is 7. The van der Waals surface area contributed by atoms with E-state index in [0.717, 1.165) is 16.6 Å². The fourth-order valence-electron chi connectivity index (χ4n) is 4.08. The van der Waals surface area contributed by atoms with Crippen LogP contribution in [0.5, 0.6) is 23.0 Å². The molecule has 0 spiro atoms. The third kappa shape index (κ3) is 7.45. The minimum absolute atomic E-state index is 0.0448. The van der Waals surface area contributed by atoms with Crippen LogP contribution in [0.15, 0.2) is 102 Å². The molecule has 5 rings (SSSR count). The van der Waals surface area contributed by atoms with Gasteiger partial charge in [0.05, 0.1) is 19.7 Å². The van der Waals surface area contributed by atoms with Gasteiger partial charge in [0.25, 0.3) is 0 Å². The number of nitrogens with two attached hydrogens (primary N) is 1. The molecule has 0 saturated heterocycles. The molecule has 0 saturated carbocycles. The fourth-order valence-corrected chi connectivity index (χ4v) is 4.08. The normalized spacial score (nSPS) is 10.3. The molecule has 0 aliphatic rings. The number of pyridine rings is 1. The summed E-state index contributed by atoms with van der Waals surface area (Å²) in [4.78, 5) is 26.3. The van der Waals surface area contributed by atoms with Gasteiger partial charge in [-0.05, 0) is 30.2 Å². The van der Waals surface area contributed by atoms with Crippen LogP contribution >= 0.6 is 0 Å². The Morgan fingerprint density at radius 1 is 0.732 bits per heavy atom. The van der Waals surface area contributed by atoms with Crippen LogP contribution in [0.2, 0.25) is 0 Å². The molecule has 0 aliphatic heterocycles. The van der Waals surface area contributed by atoms with E-state index in [0.29, 0.717) is 52.8 Å². The number of ether oxygens (including phenoxy) is 4. The number of nitrogen functional groups attached to an aromatic ring is 1. The molecule has 8 heteroatoms. The lowest BCUT2D eigenvalue weighted by atomic mass is 10.1. The van der Waals surface area contributed by atoms with Crippen LogP contribution in [-0.2, 0) is 13.2 Å². The summed E-state index contributed by atoms with van der Waals surface area (Å²) in [5.74, 6) is 2.08. The zero-order valence-corrected chi connectivity index (χ0v) is 23.2. The van der Waals surface area contributed by atoms with Crippen molar-refractivity contribution in [1.29, 1.82) is 0 Å². The van der Waals surface area contributed by atoms with Crippen molar-refractivity contribution in [3.8, 4) is 23.0 Å². The molecule has 5 aromatic rings. The Balaban J connectivity index is 0.000000189. The van der Waals surface area contributed by atoms with Gasteiger partial charge in [-0.15, -0.1) is 0 Å². The van der Waals surface area contributed by atoms with Crippen LogP contribution in [-0.4, -0.2) is 25.0 Å². The summed E-state index contributed by atoms with van der Waals surface area (Å²) in [5.41, 5.74) is 9.49. The predicted molar refractivity (Wildman–Crippen MR) is 160 cm³/mol. The van der Waals surface area contributed by atoms with Crippen LogP contribution < -0.4 is 30.1 Å². The Morgan fingerprint density at radius 3 is 1.80 bits per heavy atom. The van der Waals surface area contributed by atoms with Gasteiger partial charge in [-0.25, -0.2) is 0 Å². The zero-order valence-electron chi connectivity index (χ0n) is 23.2. The maximum Gasteiger partial charge on any atom is 0.189 e. The van der Waals surface area contributed by atoms with Gasteiger partial charge in [-0.2, -0.15) is 0 Å². The van der Waals surface area contributed by atoms with Crippen molar-refractivity contribution in [3.63, 3.8) is 0 Å². The van der Waals surface area contributed by atoms with Crippen molar-refractivity contribution >= 4 is 22.4 Å². The average molecular weight is 553 g/mol. The van der Waals surface area contributed by atoms with E-state index in [1.807, 2.05) is 60.7 Å². The van der Waals surface area contributed by atoms with Crippen molar-refractivity contribution in [2.45, 2.75) is 20.1 Å². The molecule has 4 aromatic carbocycles. The first kappa shape index (κ1) is 28.8. The van der Waals surface area contributed by atoms with Crippen molar-refractivity contribution in [1.82, 2.24) is 4.98 Å². The molecule has 0 radical (unpaired) electrons. The summed E-state index contributed by atoms with van der Waals surface area (Å²) >= 11 is 0. The number of Topliss-reactive ketones (excluding diaryl/α,β-unsaturated/α-hetero) is 1. The van der Waals surface area contributed by atoms with Crippen LogP contribution in [0.3, 0.4) is 0 Å². The van der Waals surface area contributed by atoms with E-state index in [4.69, 9.17) is 24.7 Å². The lowest BCUT2D eigenvalue weighted by Crippen LogP contribution is -2.03. The molecule has 210 valence electrons. The lowest BCUT2D eigenvalue weighted by molar-refractivity contribution is 0.101. The maximum atomic E-state index is 11.8. The highest BCUT2D eigenvalue weighted by Gasteiger charge is 2.13. The van der Waals surface area contributed by atoms with Crippen LogP contribution in [0.1, 0.15) is 28.4 Å². The molecule has 41 heavy (non-hydrogen) atoms. The van der Waals surface area contributed by atoms with Gasteiger partial charge in [0.2, 0.25) is 0 Å². The first-order valence-electron chi connectivity index (χ1n) is 12.9. The first-order valence-corrected chi connectivity index (χ1v) is 12.9. The van der Waals surface area contributed by atoms with E-state index in [2.05, 4.69) is 4.98 Å². The molecule has 0 unspecified atom stereocenters. The summed E-state index contributed by atoms with van der Waals surface area (Å²) in [6.07, 6.45) is 1.62. The number of carbonyl (C=O) groups is 1. The van der Waals surface area contributed by atoms with E-state index in [9.17, 15) is 9.59 Å². The second kappa shape index (κ2) is 13.7. The number of nitrogens with one attached hydrogen (secondary N) is 1.